The standard InChI is InChI=1S/C21H22N2O4/c1-4-23(5-2)21(25)19-18(16-8-6-7-9-17(16)27-19)22-20(24)14-10-12-15(26-3)13-11-14/h6-13H,4-5H2,1-3H3,(H,22,24). The molecule has 0 unspecified atom stereocenters. The SMILES string of the molecule is CCN(CC)C(=O)c1oc2ccccc2c1NC(=O)c1ccc(OC)cc1. The molecule has 0 spiro atoms. The van der Waals surface area contributed by atoms with Gasteiger partial charge in [0.2, 0.25) is 5.76 Å². The molecule has 6 nitrogen and oxygen atoms in total. The molecule has 0 saturated heterocycles. The van der Waals surface area contributed by atoms with Crippen molar-refractivity contribution in [3.8, 4) is 5.75 Å². The number of hydrogen-bond donors (Lipinski definition) is 1. The second-order valence-corrected chi connectivity index (χ2v) is 5.96. The van der Waals surface area contributed by atoms with E-state index < -0.39 is 0 Å². The zero-order chi connectivity index (χ0) is 19.4. The number of furan rings is 1. The monoisotopic (exact) mass is 366 g/mol. The minimum atomic E-state index is -0.321. The van der Waals surface area contributed by atoms with E-state index in [4.69, 9.17) is 9.15 Å². The molecule has 2 amide bonds. The summed E-state index contributed by atoms with van der Waals surface area (Å²) in [6, 6.07) is 14.0. The van der Waals surface area contributed by atoms with Crippen LogP contribution >= 0.6 is 0 Å². The normalized spacial score (nSPS) is 10.6. The molecule has 3 aromatic rings. The van der Waals surface area contributed by atoms with E-state index in [2.05, 4.69) is 5.32 Å². The molecule has 3 rings (SSSR count). The molecular weight excluding hydrogens is 344 g/mol. The lowest BCUT2D eigenvalue weighted by atomic mass is 10.1. The summed E-state index contributed by atoms with van der Waals surface area (Å²) >= 11 is 0. The van der Waals surface area contributed by atoms with E-state index in [1.54, 1.807) is 42.3 Å². The van der Waals surface area contributed by atoms with Crippen molar-refractivity contribution in [2.45, 2.75) is 13.8 Å². The van der Waals surface area contributed by atoms with Crippen LogP contribution in [-0.4, -0.2) is 36.9 Å². The van der Waals surface area contributed by atoms with Gasteiger partial charge in [-0.2, -0.15) is 0 Å². The summed E-state index contributed by atoms with van der Waals surface area (Å²) in [4.78, 5) is 27.2. The van der Waals surface area contributed by atoms with Crippen molar-refractivity contribution >= 4 is 28.5 Å². The van der Waals surface area contributed by atoms with Crippen LogP contribution in [0.15, 0.2) is 52.9 Å². The summed E-state index contributed by atoms with van der Waals surface area (Å²) in [5, 5.41) is 3.54. The van der Waals surface area contributed by atoms with Crippen molar-refractivity contribution in [1.29, 1.82) is 0 Å². The fourth-order valence-corrected chi connectivity index (χ4v) is 2.90. The van der Waals surface area contributed by atoms with Gasteiger partial charge >= 0.3 is 0 Å². The van der Waals surface area contributed by atoms with Crippen molar-refractivity contribution in [2.75, 3.05) is 25.5 Å². The number of nitrogens with zero attached hydrogens (tertiary/aromatic N) is 1. The second-order valence-electron chi connectivity index (χ2n) is 5.96. The first-order valence-electron chi connectivity index (χ1n) is 8.85. The Morgan fingerprint density at radius 3 is 2.33 bits per heavy atom. The molecular formula is C21H22N2O4. The third kappa shape index (κ3) is 3.65. The Hall–Kier alpha value is -3.28. The van der Waals surface area contributed by atoms with E-state index in [0.717, 1.165) is 0 Å². The fraction of sp³-hybridized carbons (Fsp3) is 0.238. The quantitative estimate of drug-likeness (QED) is 0.710. The van der Waals surface area contributed by atoms with Gasteiger partial charge in [-0.05, 0) is 50.2 Å². The molecule has 27 heavy (non-hydrogen) atoms. The van der Waals surface area contributed by atoms with Crippen molar-refractivity contribution in [1.82, 2.24) is 4.90 Å². The summed E-state index contributed by atoms with van der Waals surface area (Å²) in [5.74, 6) is 0.235. The number of anilines is 1. The van der Waals surface area contributed by atoms with Crippen LogP contribution in [0.2, 0.25) is 0 Å². The minimum Gasteiger partial charge on any atom is -0.497 e. The lowest BCUT2D eigenvalue weighted by Gasteiger charge is -2.17. The number of amides is 2. The molecule has 0 fully saturated rings. The Balaban J connectivity index is 1.99. The van der Waals surface area contributed by atoms with Gasteiger partial charge in [0.1, 0.15) is 17.0 Å². The molecule has 0 aliphatic carbocycles. The number of hydrogen-bond acceptors (Lipinski definition) is 4. The van der Waals surface area contributed by atoms with Crippen molar-refractivity contribution in [3.05, 3.63) is 59.9 Å². The highest BCUT2D eigenvalue weighted by Gasteiger charge is 2.25. The van der Waals surface area contributed by atoms with Gasteiger partial charge in [-0.15, -0.1) is 0 Å². The van der Waals surface area contributed by atoms with E-state index in [9.17, 15) is 9.59 Å². The van der Waals surface area contributed by atoms with Crippen molar-refractivity contribution < 1.29 is 18.7 Å². The summed E-state index contributed by atoms with van der Waals surface area (Å²) in [6.07, 6.45) is 0. The molecule has 0 saturated carbocycles. The van der Waals surface area contributed by atoms with Crippen LogP contribution in [0.1, 0.15) is 34.8 Å². The van der Waals surface area contributed by atoms with Crippen LogP contribution in [0.4, 0.5) is 5.69 Å². The van der Waals surface area contributed by atoms with Crippen LogP contribution in [0.3, 0.4) is 0 Å². The zero-order valence-corrected chi connectivity index (χ0v) is 15.6. The minimum absolute atomic E-state index is 0.141. The molecule has 6 heteroatoms. The number of carbonyl (C=O) groups excluding carboxylic acids is 2. The molecule has 140 valence electrons. The first-order valence-corrected chi connectivity index (χ1v) is 8.85. The maximum absolute atomic E-state index is 12.9. The molecule has 1 heterocycles. The topological polar surface area (TPSA) is 71.8 Å². The van der Waals surface area contributed by atoms with Crippen LogP contribution in [0, 0.1) is 0 Å². The van der Waals surface area contributed by atoms with E-state index in [-0.39, 0.29) is 17.6 Å². The predicted molar refractivity (Wildman–Crippen MR) is 104 cm³/mol. The van der Waals surface area contributed by atoms with Gasteiger partial charge in [0.25, 0.3) is 11.8 Å². The van der Waals surface area contributed by atoms with Crippen LogP contribution in [0.5, 0.6) is 5.75 Å². The highest BCUT2D eigenvalue weighted by atomic mass is 16.5. The van der Waals surface area contributed by atoms with E-state index in [1.807, 2.05) is 32.0 Å². The van der Waals surface area contributed by atoms with Crippen LogP contribution in [-0.2, 0) is 0 Å². The fourth-order valence-electron chi connectivity index (χ4n) is 2.90. The third-order valence-corrected chi connectivity index (χ3v) is 4.43. The summed E-state index contributed by atoms with van der Waals surface area (Å²) in [6.45, 7) is 4.91. The highest BCUT2D eigenvalue weighted by Crippen LogP contribution is 2.32. The predicted octanol–water partition coefficient (Wildman–Crippen LogP) is 4.18. The summed E-state index contributed by atoms with van der Waals surface area (Å²) in [7, 11) is 1.57. The van der Waals surface area contributed by atoms with E-state index >= 15 is 0 Å². The average molecular weight is 366 g/mol. The second kappa shape index (κ2) is 7.95. The number of fused-ring (bicyclic) bond motifs is 1. The molecule has 1 N–H and O–H groups in total. The average Bonchev–Trinajstić information content (AvgIpc) is 3.07. The van der Waals surface area contributed by atoms with Gasteiger partial charge in [-0.25, -0.2) is 0 Å². The molecule has 0 radical (unpaired) electrons. The third-order valence-electron chi connectivity index (χ3n) is 4.43. The molecule has 0 aliphatic heterocycles. The maximum atomic E-state index is 12.9. The Morgan fingerprint density at radius 1 is 1.04 bits per heavy atom. The molecule has 0 aliphatic rings. The number of rotatable bonds is 6. The smallest absolute Gasteiger partial charge is 0.291 e. The van der Waals surface area contributed by atoms with Gasteiger partial charge in [0.05, 0.1) is 7.11 Å². The van der Waals surface area contributed by atoms with Gasteiger partial charge < -0.3 is 19.4 Å². The molecule has 0 bridgehead atoms. The molecule has 0 atom stereocenters. The zero-order valence-electron chi connectivity index (χ0n) is 15.6. The van der Waals surface area contributed by atoms with Crippen molar-refractivity contribution in [3.63, 3.8) is 0 Å². The lowest BCUT2D eigenvalue weighted by molar-refractivity contribution is 0.0745. The van der Waals surface area contributed by atoms with Gasteiger partial charge in [0, 0.05) is 24.0 Å². The number of methoxy groups -OCH3 is 1. The van der Waals surface area contributed by atoms with Gasteiger partial charge in [-0.3, -0.25) is 9.59 Å². The first-order chi connectivity index (χ1) is 13.1. The Kier molecular flexibility index (Phi) is 5.45. The highest BCUT2D eigenvalue weighted by molar-refractivity contribution is 6.14. The largest absolute Gasteiger partial charge is 0.497 e. The maximum Gasteiger partial charge on any atom is 0.291 e. The number of carbonyl (C=O) groups is 2. The van der Waals surface area contributed by atoms with E-state index in [0.29, 0.717) is 41.1 Å². The lowest BCUT2D eigenvalue weighted by Crippen LogP contribution is -2.31. The van der Waals surface area contributed by atoms with Crippen molar-refractivity contribution in [2.24, 2.45) is 0 Å². The number of para-hydroxylation sites is 1. The van der Waals surface area contributed by atoms with Gasteiger partial charge in [-0.1, -0.05) is 12.1 Å². The Labute approximate surface area is 157 Å². The first kappa shape index (κ1) is 18.5. The number of ether oxygens (including phenoxy) is 1. The number of benzene rings is 2. The van der Waals surface area contributed by atoms with Crippen LogP contribution in [0.25, 0.3) is 11.0 Å². The van der Waals surface area contributed by atoms with E-state index in [1.165, 1.54) is 0 Å². The van der Waals surface area contributed by atoms with Crippen LogP contribution < -0.4 is 10.1 Å². The Morgan fingerprint density at radius 2 is 1.70 bits per heavy atom. The number of nitrogens with one attached hydrogen (secondary N) is 1. The van der Waals surface area contributed by atoms with Gasteiger partial charge in [0.15, 0.2) is 0 Å². The summed E-state index contributed by atoms with van der Waals surface area (Å²) in [5.41, 5.74) is 1.41. The Bertz CT molecular complexity index is 956. The summed E-state index contributed by atoms with van der Waals surface area (Å²) < 4.78 is 10.9. The molecule has 1 aromatic heterocycles. The molecule has 2 aromatic carbocycles.